The maximum absolute atomic E-state index is 13.2. The largest absolute Gasteiger partial charge is 0.295 e. The molecule has 0 aliphatic rings. The zero-order valence-electron chi connectivity index (χ0n) is 9.83. The minimum Gasteiger partial charge on any atom is -0.295 e. The van der Waals surface area contributed by atoms with Gasteiger partial charge in [0, 0.05) is 5.56 Å². The van der Waals surface area contributed by atoms with E-state index in [4.69, 9.17) is 0 Å². The SMILES string of the molecule is CC(=O)c1ccc(C)c(-c2cccc(F)c2)c1. The number of ketones is 1. The molecule has 2 rings (SSSR count). The fourth-order valence-corrected chi connectivity index (χ4v) is 1.81. The van der Waals surface area contributed by atoms with Crippen LogP contribution in [0, 0.1) is 12.7 Å². The molecule has 2 aromatic carbocycles. The number of halogens is 1. The van der Waals surface area contributed by atoms with E-state index in [2.05, 4.69) is 0 Å². The Morgan fingerprint density at radius 3 is 2.53 bits per heavy atom. The zero-order chi connectivity index (χ0) is 12.4. The number of benzene rings is 2. The van der Waals surface area contributed by atoms with Crippen LogP contribution in [0.1, 0.15) is 22.8 Å². The molecule has 0 N–H and O–H groups in total. The Kier molecular flexibility index (Phi) is 3.05. The van der Waals surface area contributed by atoms with E-state index in [-0.39, 0.29) is 11.6 Å². The lowest BCUT2D eigenvalue weighted by Crippen LogP contribution is -1.94. The summed E-state index contributed by atoms with van der Waals surface area (Å²) in [4.78, 5) is 11.3. The van der Waals surface area contributed by atoms with Crippen molar-refractivity contribution in [2.75, 3.05) is 0 Å². The maximum atomic E-state index is 13.2. The summed E-state index contributed by atoms with van der Waals surface area (Å²) >= 11 is 0. The highest BCUT2D eigenvalue weighted by Crippen LogP contribution is 2.25. The van der Waals surface area contributed by atoms with Gasteiger partial charge in [-0.2, -0.15) is 0 Å². The first-order valence-corrected chi connectivity index (χ1v) is 5.45. The monoisotopic (exact) mass is 228 g/mol. The second-order valence-corrected chi connectivity index (χ2v) is 4.10. The van der Waals surface area contributed by atoms with Gasteiger partial charge in [0.15, 0.2) is 5.78 Å². The van der Waals surface area contributed by atoms with E-state index in [0.717, 1.165) is 16.7 Å². The Bertz CT molecular complexity index is 573. The van der Waals surface area contributed by atoms with E-state index < -0.39 is 0 Å². The molecule has 0 saturated carbocycles. The van der Waals surface area contributed by atoms with Crippen molar-refractivity contribution in [1.29, 1.82) is 0 Å². The molecule has 2 heteroatoms. The van der Waals surface area contributed by atoms with Crippen LogP contribution in [0.2, 0.25) is 0 Å². The van der Waals surface area contributed by atoms with Gasteiger partial charge in [-0.25, -0.2) is 4.39 Å². The van der Waals surface area contributed by atoms with E-state index in [0.29, 0.717) is 5.56 Å². The van der Waals surface area contributed by atoms with Crippen LogP contribution in [-0.4, -0.2) is 5.78 Å². The number of carbonyl (C=O) groups is 1. The van der Waals surface area contributed by atoms with Crippen molar-refractivity contribution in [2.24, 2.45) is 0 Å². The molecule has 0 spiro atoms. The first-order valence-electron chi connectivity index (χ1n) is 5.45. The van der Waals surface area contributed by atoms with Crippen molar-refractivity contribution in [3.05, 3.63) is 59.4 Å². The van der Waals surface area contributed by atoms with Gasteiger partial charge < -0.3 is 0 Å². The highest BCUT2D eigenvalue weighted by Gasteiger charge is 2.06. The maximum Gasteiger partial charge on any atom is 0.159 e. The predicted molar refractivity (Wildman–Crippen MR) is 66.6 cm³/mol. The summed E-state index contributed by atoms with van der Waals surface area (Å²) in [5, 5.41) is 0. The van der Waals surface area contributed by atoms with Crippen LogP contribution in [0.4, 0.5) is 4.39 Å². The van der Waals surface area contributed by atoms with E-state index in [1.54, 1.807) is 12.1 Å². The smallest absolute Gasteiger partial charge is 0.159 e. The Hall–Kier alpha value is -1.96. The van der Waals surface area contributed by atoms with Crippen molar-refractivity contribution in [2.45, 2.75) is 13.8 Å². The molecule has 0 fully saturated rings. The summed E-state index contributed by atoms with van der Waals surface area (Å²) in [5.41, 5.74) is 3.37. The van der Waals surface area contributed by atoms with Crippen LogP contribution < -0.4 is 0 Å². The van der Waals surface area contributed by atoms with E-state index in [1.165, 1.54) is 19.1 Å². The lowest BCUT2D eigenvalue weighted by Gasteiger charge is -2.08. The van der Waals surface area contributed by atoms with Crippen LogP contribution in [0.25, 0.3) is 11.1 Å². The molecular formula is C15H13FO. The summed E-state index contributed by atoms with van der Waals surface area (Å²) in [6, 6.07) is 11.9. The first kappa shape index (κ1) is 11.5. The van der Waals surface area contributed by atoms with Crippen LogP contribution in [0.15, 0.2) is 42.5 Å². The zero-order valence-corrected chi connectivity index (χ0v) is 9.83. The number of aryl methyl sites for hydroxylation is 1. The summed E-state index contributed by atoms with van der Waals surface area (Å²) in [6.45, 7) is 3.48. The molecule has 0 aliphatic carbocycles. The standard InChI is InChI=1S/C15H13FO/c1-10-6-7-12(11(2)17)9-15(10)13-4-3-5-14(16)8-13/h3-9H,1-2H3. The van der Waals surface area contributed by atoms with E-state index in [1.807, 2.05) is 25.1 Å². The average Bonchev–Trinajstić information content (AvgIpc) is 2.29. The molecule has 0 aliphatic heterocycles. The molecule has 1 nitrogen and oxygen atoms in total. The molecule has 0 bridgehead atoms. The molecule has 0 unspecified atom stereocenters. The Labute approximate surface area is 99.9 Å². The van der Waals surface area contributed by atoms with Crippen LogP contribution in [0.5, 0.6) is 0 Å². The lowest BCUT2D eigenvalue weighted by molar-refractivity contribution is 0.101. The molecule has 0 aromatic heterocycles. The minimum atomic E-state index is -0.268. The topological polar surface area (TPSA) is 17.1 Å². The fourth-order valence-electron chi connectivity index (χ4n) is 1.81. The van der Waals surface area contributed by atoms with Crippen LogP contribution >= 0.6 is 0 Å². The van der Waals surface area contributed by atoms with Crippen molar-refractivity contribution in [3.8, 4) is 11.1 Å². The van der Waals surface area contributed by atoms with Crippen LogP contribution in [0.3, 0.4) is 0 Å². The average molecular weight is 228 g/mol. The molecule has 17 heavy (non-hydrogen) atoms. The van der Waals surface area contributed by atoms with Crippen LogP contribution in [-0.2, 0) is 0 Å². The van der Waals surface area contributed by atoms with Gasteiger partial charge in [0.1, 0.15) is 5.82 Å². The molecule has 86 valence electrons. The summed E-state index contributed by atoms with van der Waals surface area (Å²) in [7, 11) is 0. The highest BCUT2D eigenvalue weighted by atomic mass is 19.1. The second kappa shape index (κ2) is 4.50. The summed E-state index contributed by atoms with van der Waals surface area (Å²) in [6.07, 6.45) is 0. The number of carbonyl (C=O) groups excluding carboxylic acids is 1. The van der Waals surface area contributed by atoms with E-state index >= 15 is 0 Å². The highest BCUT2D eigenvalue weighted by molar-refractivity contribution is 5.95. The molecular weight excluding hydrogens is 215 g/mol. The number of hydrogen-bond acceptors (Lipinski definition) is 1. The molecule has 0 radical (unpaired) electrons. The van der Waals surface area contributed by atoms with Gasteiger partial charge in [0.25, 0.3) is 0 Å². The number of rotatable bonds is 2. The quantitative estimate of drug-likeness (QED) is 0.710. The van der Waals surface area contributed by atoms with Gasteiger partial charge in [-0.15, -0.1) is 0 Å². The van der Waals surface area contributed by atoms with Crippen molar-refractivity contribution in [1.82, 2.24) is 0 Å². The summed E-state index contributed by atoms with van der Waals surface area (Å²) in [5.74, 6) is -0.252. The van der Waals surface area contributed by atoms with Gasteiger partial charge in [0.05, 0.1) is 0 Å². The Balaban J connectivity index is 2.58. The van der Waals surface area contributed by atoms with Gasteiger partial charge in [-0.1, -0.05) is 24.3 Å². The minimum absolute atomic E-state index is 0.0163. The van der Waals surface area contributed by atoms with Gasteiger partial charge in [-0.05, 0) is 48.7 Å². The number of hydrogen-bond donors (Lipinski definition) is 0. The third-order valence-corrected chi connectivity index (χ3v) is 2.78. The Morgan fingerprint density at radius 1 is 1.12 bits per heavy atom. The predicted octanol–water partition coefficient (Wildman–Crippen LogP) is 4.00. The first-order chi connectivity index (χ1) is 8.08. The van der Waals surface area contributed by atoms with Crippen molar-refractivity contribution < 1.29 is 9.18 Å². The van der Waals surface area contributed by atoms with Crippen molar-refractivity contribution >= 4 is 5.78 Å². The Morgan fingerprint density at radius 2 is 1.88 bits per heavy atom. The van der Waals surface area contributed by atoms with Crippen molar-refractivity contribution in [3.63, 3.8) is 0 Å². The molecule has 0 heterocycles. The normalized spacial score (nSPS) is 10.3. The summed E-state index contributed by atoms with van der Waals surface area (Å²) < 4.78 is 13.2. The van der Waals surface area contributed by atoms with Gasteiger partial charge >= 0.3 is 0 Å². The third kappa shape index (κ3) is 2.41. The molecule has 0 atom stereocenters. The fraction of sp³-hybridized carbons (Fsp3) is 0.133. The number of Topliss-reactive ketones (excluding diaryl/α,β-unsaturated/α-hetero) is 1. The molecule has 0 saturated heterocycles. The third-order valence-electron chi connectivity index (χ3n) is 2.78. The second-order valence-electron chi connectivity index (χ2n) is 4.10. The molecule has 2 aromatic rings. The molecule has 0 amide bonds. The van der Waals surface area contributed by atoms with Gasteiger partial charge in [-0.3, -0.25) is 4.79 Å². The van der Waals surface area contributed by atoms with E-state index in [9.17, 15) is 9.18 Å². The van der Waals surface area contributed by atoms with Gasteiger partial charge in [0.2, 0.25) is 0 Å². The lowest BCUT2D eigenvalue weighted by atomic mass is 9.97.